The van der Waals surface area contributed by atoms with Crippen LogP contribution in [0.25, 0.3) is 0 Å². The molecule has 0 saturated carbocycles. The Kier molecular flexibility index (Phi) is 9.70. The van der Waals surface area contributed by atoms with Gasteiger partial charge < -0.3 is 18.9 Å². The van der Waals surface area contributed by atoms with E-state index in [1.165, 1.54) is 0 Å². The van der Waals surface area contributed by atoms with Gasteiger partial charge in [-0.2, -0.15) is 0 Å². The van der Waals surface area contributed by atoms with Gasteiger partial charge in [0.05, 0.1) is 0 Å². The highest BCUT2D eigenvalue weighted by Crippen LogP contribution is 2.31. The first-order chi connectivity index (χ1) is 9.84. The Morgan fingerprint density at radius 3 is 1.05 bits per heavy atom. The van der Waals surface area contributed by atoms with Gasteiger partial charge in [-0.25, -0.2) is 0 Å². The molecule has 0 amide bonds. The molecular formula is C17H36O4. The summed E-state index contributed by atoms with van der Waals surface area (Å²) in [4.78, 5) is 0. The highest BCUT2D eigenvalue weighted by atomic mass is 16.7. The molecule has 0 atom stereocenters. The predicted octanol–water partition coefficient (Wildman–Crippen LogP) is 4.23. The second-order valence-corrected chi connectivity index (χ2v) is 6.31. The number of ether oxygens (including phenoxy) is 4. The van der Waals surface area contributed by atoms with Gasteiger partial charge in [0.2, 0.25) is 0 Å². The van der Waals surface area contributed by atoms with Gasteiger partial charge in [-0.05, 0) is 12.8 Å². The summed E-state index contributed by atoms with van der Waals surface area (Å²) in [5, 5.41) is 0. The van der Waals surface area contributed by atoms with Crippen LogP contribution >= 0.6 is 0 Å². The summed E-state index contributed by atoms with van der Waals surface area (Å²) in [6.45, 7) is 8.53. The molecule has 0 aliphatic heterocycles. The first-order valence-electron chi connectivity index (χ1n) is 8.04. The van der Waals surface area contributed by atoms with Crippen LogP contribution in [0.2, 0.25) is 0 Å². The zero-order valence-corrected chi connectivity index (χ0v) is 15.3. The maximum atomic E-state index is 5.60. The standard InChI is InChI=1S/C17H36O4/c1-14(2)16(18-5,19-6)12-10-9-11-13-17(20-7,21-8)15(3)4/h14-15H,9-13H2,1-8H3. The molecule has 0 aliphatic carbocycles. The highest BCUT2D eigenvalue weighted by Gasteiger charge is 2.34. The van der Waals surface area contributed by atoms with Gasteiger partial charge in [-0.1, -0.05) is 34.1 Å². The van der Waals surface area contributed by atoms with E-state index in [1.54, 1.807) is 28.4 Å². The lowest BCUT2D eigenvalue weighted by atomic mass is 9.93. The summed E-state index contributed by atoms with van der Waals surface area (Å²) in [5.74, 6) is -0.254. The summed E-state index contributed by atoms with van der Waals surface area (Å²) < 4.78 is 22.4. The molecule has 0 unspecified atom stereocenters. The fraction of sp³-hybridized carbons (Fsp3) is 1.00. The van der Waals surface area contributed by atoms with Crippen molar-refractivity contribution in [2.75, 3.05) is 28.4 Å². The summed E-state index contributed by atoms with van der Waals surface area (Å²) in [6, 6.07) is 0. The molecule has 0 saturated heterocycles. The molecule has 0 aromatic carbocycles. The molecule has 0 spiro atoms. The number of rotatable bonds is 12. The fourth-order valence-electron chi connectivity index (χ4n) is 3.01. The molecule has 128 valence electrons. The van der Waals surface area contributed by atoms with Gasteiger partial charge in [-0.15, -0.1) is 0 Å². The van der Waals surface area contributed by atoms with E-state index in [9.17, 15) is 0 Å². The molecule has 4 nitrogen and oxygen atoms in total. The Bertz CT molecular complexity index is 230. The van der Waals surface area contributed by atoms with E-state index in [0.717, 1.165) is 32.1 Å². The molecule has 0 aromatic heterocycles. The minimum Gasteiger partial charge on any atom is -0.353 e. The molecule has 0 fully saturated rings. The lowest BCUT2D eigenvalue weighted by Crippen LogP contribution is -2.40. The normalized spacial score (nSPS) is 13.4. The SMILES string of the molecule is COC(CCCCCC(OC)(OC)C(C)C)(OC)C(C)C. The van der Waals surface area contributed by atoms with E-state index < -0.39 is 11.6 Å². The number of hydrogen-bond acceptors (Lipinski definition) is 4. The van der Waals surface area contributed by atoms with Gasteiger partial charge >= 0.3 is 0 Å². The monoisotopic (exact) mass is 304 g/mol. The van der Waals surface area contributed by atoms with E-state index >= 15 is 0 Å². The van der Waals surface area contributed by atoms with Crippen molar-refractivity contribution in [3.05, 3.63) is 0 Å². The van der Waals surface area contributed by atoms with Crippen LogP contribution in [-0.2, 0) is 18.9 Å². The van der Waals surface area contributed by atoms with Crippen LogP contribution in [0.15, 0.2) is 0 Å². The van der Waals surface area contributed by atoms with Crippen LogP contribution in [0.1, 0.15) is 59.8 Å². The topological polar surface area (TPSA) is 36.9 Å². The summed E-state index contributed by atoms with van der Waals surface area (Å²) >= 11 is 0. The van der Waals surface area contributed by atoms with Gasteiger partial charge in [0.1, 0.15) is 0 Å². The van der Waals surface area contributed by atoms with Gasteiger partial charge in [-0.3, -0.25) is 0 Å². The zero-order valence-electron chi connectivity index (χ0n) is 15.3. The van der Waals surface area contributed by atoms with E-state index in [2.05, 4.69) is 27.7 Å². The smallest absolute Gasteiger partial charge is 0.169 e. The molecule has 0 rings (SSSR count). The van der Waals surface area contributed by atoms with Crippen molar-refractivity contribution in [3.8, 4) is 0 Å². The van der Waals surface area contributed by atoms with E-state index in [-0.39, 0.29) is 0 Å². The molecule has 0 bridgehead atoms. The van der Waals surface area contributed by atoms with Crippen molar-refractivity contribution in [3.63, 3.8) is 0 Å². The Morgan fingerprint density at radius 2 is 0.857 bits per heavy atom. The number of methoxy groups -OCH3 is 4. The van der Waals surface area contributed by atoms with Crippen molar-refractivity contribution in [2.45, 2.75) is 71.4 Å². The van der Waals surface area contributed by atoms with Crippen molar-refractivity contribution < 1.29 is 18.9 Å². The van der Waals surface area contributed by atoms with E-state index in [4.69, 9.17) is 18.9 Å². The third kappa shape index (κ3) is 5.51. The maximum Gasteiger partial charge on any atom is 0.169 e. The Balaban J connectivity index is 4.26. The highest BCUT2D eigenvalue weighted by molar-refractivity contribution is 4.75. The Labute approximate surface area is 131 Å². The van der Waals surface area contributed by atoms with Crippen LogP contribution in [-0.4, -0.2) is 40.0 Å². The Morgan fingerprint density at radius 1 is 0.571 bits per heavy atom. The van der Waals surface area contributed by atoms with Crippen molar-refractivity contribution in [1.29, 1.82) is 0 Å². The first-order valence-corrected chi connectivity index (χ1v) is 8.04. The number of unbranched alkanes of at least 4 members (excludes halogenated alkanes) is 2. The van der Waals surface area contributed by atoms with Crippen LogP contribution < -0.4 is 0 Å². The molecule has 0 heterocycles. The predicted molar refractivity (Wildman–Crippen MR) is 86.3 cm³/mol. The quantitative estimate of drug-likeness (QED) is 0.399. The fourth-order valence-corrected chi connectivity index (χ4v) is 3.01. The van der Waals surface area contributed by atoms with Gasteiger partial charge in [0.15, 0.2) is 11.6 Å². The largest absolute Gasteiger partial charge is 0.353 e. The Hall–Kier alpha value is -0.160. The first kappa shape index (κ1) is 20.8. The average Bonchev–Trinajstić information content (AvgIpc) is 2.47. The minimum absolute atomic E-state index is 0.334. The molecule has 4 heteroatoms. The zero-order chi connectivity index (χ0) is 16.5. The van der Waals surface area contributed by atoms with Crippen molar-refractivity contribution in [2.24, 2.45) is 11.8 Å². The molecule has 0 N–H and O–H groups in total. The third-order valence-corrected chi connectivity index (χ3v) is 4.69. The second-order valence-electron chi connectivity index (χ2n) is 6.31. The number of hydrogen-bond donors (Lipinski definition) is 0. The van der Waals surface area contributed by atoms with Crippen LogP contribution in [0.4, 0.5) is 0 Å². The lowest BCUT2D eigenvalue weighted by Gasteiger charge is -2.36. The van der Waals surface area contributed by atoms with Gasteiger partial charge in [0, 0.05) is 53.1 Å². The summed E-state index contributed by atoms with van der Waals surface area (Å²) in [7, 11) is 6.90. The van der Waals surface area contributed by atoms with Crippen LogP contribution in [0.3, 0.4) is 0 Å². The van der Waals surface area contributed by atoms with Crippen molar-refractivity contribution >= 4 is 0 Å². The van der Waals surface area contributed by atoms with E-state index in [0.29, 0.717) is 11.8 Å². The minimum atomic E-state index is -0.461. The molecule has 0 aromatic rings. The third-order valence-electron chi connectivity index (χ3n) is 4.69. The summed E-state index contributed by atoms with van der Waals surface area (Å²) in [5.41, 5.74) is 0. The summed E-state index contributed by atoms with van der Waals surface area (Å²) in [6.07, 6.45) is 5.07. The van der Waals surface area contributed by atoms with Crippen molar-refractivity contribution in [1.82, 2.24) is 0 Å². The molecule has 21 heavy (non-hydrogen) atoms. The molecule has 0 aliphatic rings. The maximum absolute atomic E-state index is 5.60. The van der Waals surface area contributed by atoms with Crippen LogP contribution in [0, 0.1) is 11.8 Å². The van der Waals surface area contributed by atoms with Gasteiger partial charge in [0.25, 0.3) is 0 Å². The lowest BCUT2D eigenvalue weighted by molar-refractivity contribution is -0.240. The molecule has 0 radical (unpaired) electrons. The molecular weight excluding hydrogens is 268 g/mol. The van der Waals surface area contributed by atoms with E-state index in [1.807, 2.05) is 0 Å². The average molecular weight is 304 g/mol. The van der Waals surface area contributed by atoms with Crippen LogP contribution in [0.5, 0.6) is 0 Å². The second kappa shape index (κ2) is 9.78.